The van der Waals surface area contributed by atoms with Crippen LogP contribution in [-0.2, 0) is 16.0 Å². The van der Waals surface area contributed by atoms with Crippen LogP contribution >= 0.6 is 0 Å². The molecule has 0 saturated carbocycles. The van der Waals surface area contributed by atoms with Gasteiger partial charge in [0.2, 0.25) is 0 Å². The minimum absolute atomic E-state index is 0.0914. The van der Waals surface area contributed by atoms with Gasteiger partial charge in [0.05, 0.1) is 18.8 Å². The maximum Gasteiger partial charge on any atom is 0.276 e. The summed E-state index contributed by atoms with van der Waals surface area (Å²) in [6.45, 7) is 8.17. The van der Waals surface area contributed by atoms with Crippen molar-refractivity contribution in [2.75, 3.05) is 39.4 Å². The van der Waals surface area contributed by atoms with Crippen molar-refractivity contribution in [1.29, 1.82) is 0 Å². The number of amides is 1. The Balaban J connectivity index is 1.40. The van der Waals surface area contributed by atoms with Crippen LogP contribution in [0.1, 0.15) is 41.5 Å². The van der Waals surface area contributed by atoms with E-state index in [2.05, 4.69) is 63.7 Å². The highest BCUT2D eigenvalue weighted by atomic mass is 16.7. The summed E-state index contributed by atoms with van der Waals surface area (Å²) in [4.78, 5) is 17.4. The van der Waals surface area contributed by atoms with Crippen LogP contribution in [0.3, 0.4) is 0 Å². The van der Waals surface area contributed by atoms with Crippen molar-refractivity contribution in [2.24, 2.45) is 0 Å². The van der Waals surface area contributed by atoms with Gasteiger partial charge in [0.15, 0.2) is 12.0 Å². The van der Waals surface area contributed by atoms with E-state index in [9.17, 15) is 4.79 Å². The van der Waals surface area contributed by atoms with Crippen molar-refractivity contribution in [3.63, 3.8) is 0 Å². The van der Waals surface area contributed by atoms with Gasteiger partial charge < -0.3 is 14.4 Å². The molecule has 1 aliphatic heterocycles. The Hall–Kier alpha value is -3.07. The smallest absolute Gasteiger partial charge is 0.276 e. The topological polar surface area (TPSA) is 72.7 Å². The molecule has 4 rings (SSSR count). The lowest BCUT2D eigenvalue weighted by Crippen LogP contribution is -2.50. The third-order valence-corrected chi connectivity index (χ3v) is 6.00. The molecule has 0 bridgehead atoms. The first-order valence-electron chi connectivity index (χ1n) is 12.0. The number of aromatic nitrogens is 3. The Kier molecular flexibility index (Phi) is 8.41. The molecule has 3 aromatic rings. The first-order chi connectivity index (χ1) is 16.7. The van der Waals surface area contributed by atoms with Crippen LogP contribution in [0.5, 0.6) is 0 Å². The summed E-state index contributed by atoms with van der Waals surface area (Å²) in [7, 11) is 0. The maximum absolute atomic E-state index is 13.1. The van der Waals surface area contributed by atoms with Gasteiger partial charge in [-0.25, -0.2) is 4.68 Å². The largest absolute Gasteiger partial charge is 0.351 e. The van der Waals surface area contributed by atoms with Crippen molar-refractivity contribution in [3.05, 3.63) is 83.7 Å². The normalized spacial score (nSPS) is 14.8. The average Bonchev–Trinajstić information content (AvgIpc) is 3.34. The summed E-state index contributed by atoms with van der Waals surface area (Å²) < 4.78 is 12.7. The van der Waals surface area contributed by atoms with Gasteiger partial charge in [-0.3, -0.25) is 9.69 Å². The lowest BCUT2D eigenvalue weighted by atomic mass is 9.96. The quantitative estimate of drug-likeness (QED) is 0.430. The minimum Gasteiger partial charge on any atom is -0.351 e. The molecule has 0 radical (unpaired) electrons. The number of ether oxygens (including phenoxy) is 2. The van der Waals surface area contributed by atoms with Crippen molar-refractivity contribution < 1.29 is 14.3 Å². The van der Waals surface area contributed by atoms with Crippen molar-refractivity contribution >= 4 is 5.91 Å². The van der Waals surface area contributed by atoms with Crippen LogP contribution in [0.2, 0.25) is 0 Å². The Bertz CT molecular complexity index is 974. The third-order valence-electron chi connectivity index (χ3n) is 6.00. The molecule has 0 spiro atoms. The summed E-state index contributed by atoms with van der Waals surface area (Å²) in [5, 5.41) is 8.22. The van der Waals surface area contributed by atoms with E-state index < -0.39 is 6.29 Å². The van der Waals surface area contributed by atoms with Crippen molar-refractivity contribution in [2.45, 2.75) is 32.7 Å². The number of hydrogen-bond acceptors (Lipinski definition) is 6. The molecule has 1 saturated heterocycles. The average molecular weight is 464 g/mol. The van der Waals surface area contributed by atoms with Gasteiger partial charge in [0.1, 0.15) is 0 Å². The second kappa shape index (κ2) is 11.9. The van der Waals surface area contributed by atoms with Crippen molar-refractivity contribution in [1.82, 2.24) is 24.8 Å². The summed E-state index contributed by atoms with van der Waals surface area (Å²) >= 11 is 0. The fourth-order valence-corrected chi connectivity index (χ4v) is 4.39. The zero-order chi connectivity index (χ0) is 23.8. The molecule has 34 heavy (non-hydrogen) atoms. The van der Waals surface area contributed by atoms with E-state index in [4.69, 9.17) is 9.47 Å². The molecular formula is C26H33N5O3. The highest BCUT2D eigenvalue weighted by Crippen LogP contribution is 2.29. The van der Waals surface area contributed by atoms with Gasteiger partial charge in [-0.05, 0) is 25.0 Å². The standard InChI is InChI=1S/C26H33N5O3/c1-3-33-24(34-4-2)20-31-19-23(27-28-31)26(32)30-17-15-29(16-18-30)25(21-11-7-5-8-12-21)22-13-9-6-10-14-22/h5-14,19,24-25H,3-4,15-18,20H2,1-2H3. The second-order valence-electron chi connectivity index (χ2n) is 8.22. The third kappa shape index (κ3) is 5.88. The molecule has 0 unspecified atom stereocenters. The summed E-state index contributed by atoms with van der Waals surface area (Å²) in [5.41, 5.74) is 2.87. The van der Waals surface area contributed by atoms with E-state index in [0.717, 1.165) is 13.1 Å². The molecule has 0 aliphatic carbocycles. The first-order valence-corrected chi connectivity index (χ1v) is 12.0. The Morgan fingerprint density at radius 1 is 0.882 bits per heavy atom. The van der Waals surface area contributed by atoms with Gasteiger partial charge in [0.25, 0.3) is 5.91 Å². The van der Waals surface area contributed by atoms with Crippen LogP contribution in [0.25, 0.3) is 0 Å². The van der Waals surface area contributed by atoms with Gasteiger partial charge in [-0.2, -0.15) is 0 Å². The molecule has 2 heterocycles. The zero-order valence-corrected chi connectivity index (χ0v) is 19.9. The molecule has 0 N–H and O–H groups in total. The van der Waals surface area contributed by atoms with Crippen molar-refractivity contribution in [3.8, 4) is 0 Å². The fourth-order valence-electron chi connectivity index (χ4n) is 4.39. The van der Waals surface area contributed by atoms with Crippen LogP contribution in [0.15, 0.2) is 66.9 Å². The molecule has 0 atom stereocenters. The van der Waals surface area contributed by atoms with E-state index >= 15 is 0 Å². The molecule has 8 heteroatoms. The SMILES string of the molecule is CCOC(Cn1cc(C(=O)N2CCN(C(c3ccccc3)c3ccccc3)CC2)nn1)OCC. The molecule has 2 aromatic carbocycles. The molecular weight excluding hydrogens is 430 g/mol. The van der Waals surface area contributed by atoms with Gasteiger partial charge in [-0.15, -0.1) is 5.10 Å². The molecule has 8 nitrogen and oxygen atoms in total. The monoisotopic (exact) mass is 463 g/mol. The predicted octanol–water partition coefficient (Wildman–Crippen LogP) is 3.22. The Morgan fingerprint density at radius 2 is 1.44 bits per heavy atom. The molecule has 1 amide bonds. The zero-order valence-electron chi connectivity index (χ0n) is 19.9. The Morgan fingerprint density at radius 3 is 1.97 bits per heavy atom. The van der Waals surface area contributed by atoms with Gasteiger partial charge in [0, 0.05) is 39.4 Å². The number of hydrogen-bond donors (Lipinski definition) is 0. The molecule has 1 fully saturated rings. The summed E-state index contributed by atoms with van der Waals surface area (Å²) in [5.74, 6) is -0.0914. The number of rotatable bonds is 10. The predicted molar refractivity (Wildman–Crippen MR) is 129 cm³/mol. The lowest BCUT2D eigenvalue weighted by molar-refractivity contribution is -0.145. The number of carbonyl (C=O) groups excluding carboxylic acids is 1. The highest BCUT2D eigenvalue weighted by Gasteiger charge is 2.29. The lowest BCUT2D eigenvalue weighted by Gasteiger charge is -2.39. The molecule has 180 valence electrons. The highest BCUT2D eigenvalue weighted by molar-refractivity contribution is 5.92. The summed E-state index contributed by atoms with van der Waals surface area (Å²) in [6, 6.07) is 21.3. The molecule has 1 aliphatic rings. The number of carbonyl (C=O) groups is 1. The van der Waals surface area contributed by atoms with Gasteiger partial charge in [-0.1, -0.05) is 65.9 Å². The Labute approximate surface area is 201 Å². The van der Waals surface area contributed by atoms with E-state index in [1.54, 1.807) is 10.9 Å². The second-order valence-corrected chi connectivity index (χ2v) is 8.22. The van der Waals surface area contributed by atoms with Crippen LogP contribution < -0.4 is 0 Å². The minimum atomic E-state index is -0.406. The van der Waals surface area contributed by atoms with Crippen LogP contribution in [0.4, 0.5) is 0 Å². The maximum atomic E-state index is 13.1. The van der Waals surface area contributed by atoms with E-state index in [1.807, 2.05) is 30.9 Å². The number of piperazine rings is 1. The van der Waals surface area contributed by atoms with Crippen LogP contribution in [-0.4, -0.2) is 76.4 Å². The fraction of sp³-hybridized carbons (Fsp3) is 0.423. The summed E-state index contributed by atoms with van der Waals surface area (Å²) in [6.07, 6.45) is 1.27. The van der Waals surface area contributed by atoms with E-state index in [0.29, 0.717) is 38.5 Å². The number of benzene rings is 2. The number of nitrogens with zero attached hydrogens (tertiary/aromatic N) is 5. The van der Waals surface area contributed by atoms with E-state index in [1.165, 1.54) is 11.1 Å². The van der Waals surface area contributed by atoms with E-state index in [-0.39, 0.29) is 11.9 Å². The van der Waals surface area contributed by atoms with Crippen LogP contribution in [0, 0.1) is 0 Å². The first kappa shape index (κ1) is 24.1. The van der Waals surface area contributed by atoms with Gasteiger partial charge >= 0.3 is 0 Å². The molecule has 1 aromatic heterocycles.